The van der Waals surface area contributed by atoms with Crippen LogP contribution in [0.15, 0.2) is 41.5 Å². The molecule has 1 aromatic carbocycles. The molecular formula is C16H17NO3S. The molecule has 0 bridgehead atoms. The van der Waals surface area contributed by atoms with Gasteiger partial charge in [0.25, 0.3) is 5.91 Å². The third-order valence-electron chi connectivity index (χ3n) is 3.44. The number of hydrogen-bond acceptors (Lipinski definition) is 4. The average molecular weight is 303 g/mol. The van der Waals surface area contributed by atoms with Gasteiger partial charge in [-0.25, -0.2) is 0 Å². The summed E-state index contributed by atoms with van der Waals surface area (Å²) in [6, 6.07) is 5.44. The lowest BCUT2D eigenvalue weighted by molar-refractivity contribution is 0.0772. The Morgan fingerprint density at radius 1 is 1.43 bits per heavy atom. The predicted molar refractivity (Wildman–Crippen MR) is 85.1 cm³/mol. The van der Waals surface area contributed by atoms with E-state index in [1.165, 1.54) is 0 Å². The monoisotopic (exact) mass is 303 g/mol. The Labute approximate surface area is 127 Å². The molecule has 110 valence electrons. The molecule has 2 aromatic rings. The number of nitrogens with zero attached hydrogens (tertiary/aromatic N) is 1. The molecule has 0 atom stereocenters. The Morgan fingerprint density at radius 3 is 3.00 bits per heavy atom. The van der Waals surface area contributed by atoms with Gasteiger partial charge in [0.15, 0.2) is 0 Å². The predicted octanol–water partition coefficient (Wildman–Crippen LogP) is 3.19. The van der Waals surface area contributed by atoms with Crippen LogP contribution in [0, 0.1) is 0 Å². The standard InChI is InChI=1S/C16H17NO3S/c1-2-6-19-14-10-12(11-15-13(14)3-7-20-15)16(18)17-4-8-21-9-5-17/h2-3,7,10-11H,1,4-6,8-9H2. The molecule has 1 aliphatic heterocycles. The van der Waals surface area contributed by atoms with Crippen molar-refractivity contribution in [1.82, 2.24) is 4.90 Å². The number of thioether (sulfide) groups is 1. The first kappa shape index (κ1) is 14.1. The van der Waals surface area contributed by atoms with Crippen molar-refractivity contribution < 1.29 is 13.9 Å². The van der Waals surface area contributed by atoms with Crippen LogP contribution in [0.5, 0.6) is 5.75 Å². The summed E-state index contributed by atoms with van der Waals surface area (Å²) in [5.41, 5.74) is 1.29. The van der Waals surface area contributed by atoms with Crippen LogP contribution in [0.1, 0.15) is 10.4 Å². The molecule has 21 heavy (non-hydrogen) atoms. The lowest BCUT2D eigenvalue weighted by Crippen LogP contribution is -2.37. The van der Waals surface area contributed by atoms with Gasteiger partial charge in [-0.2, -0.15) is 11.8 Å². The summed E-state index contributed by atoms with van der Waals surface area (Å²) in [4.78, 5) is 14.5. The molecule has 1 amide bonds. The van der Waals surface area contributed by atoms with Crippen molar-refractivity contribution >= 4 is 28.6 Å². The average Bonchev–Trinajstić information content (AvgIpc) is 3.01. The van der Waals surface area contributed by atoms with E-state index in [1.54, 1.807) is 24.5 Å². The van der Waals surface area contributed by atoms with Crippen LogP contribution in [0.2, 0.25) is 0 Å². The van der Waals surface area contributed by atoms with E-state index < -0.39 is 0 Å². The lowest BCUT2D eigenvalue weighted by Gasteiger charge is -2.26. The minimum atomic E-state index is 0.0389. The second-order valence-corrected chi connectivity index (χ2v) is 6.04. The molecular weight excluding hydrogens is 286 g/mol. The maximum absolute atomic E-state index is 12.6. The second-order valence-electron chi connectivity index (χ2n) is 4.81. The van der Waals surface area contributed by atoms with Gasteiger partial charge in [-0.05, 0) is 18.2 Å². The molecule has 1 aromatic heterocycles. The van der Waals surface area contributed by atoms with Gasteiger partial charge in [-0.15, -0.1) is 0 Å². The zero-order chi connectivity index (χ0) is 14.7. The van der Waals surface area contributed by atoms with Crippen LogP contribution in [0.4, 0.5) is 0 Å². The largest absolute Gasteiger partial charge is 0.489 e. The Morgan fingerprint density at radius 2 is 2.24 bits per heavy atom. The third-order valence-corrected chi connectivity index (χ3v) is 4.38. The van der Waals surface area contributed by atoms with Gasteiger partial charge < -0.3 is 14.1 Å². The fourth-order valence-electron chi connectivity index (χ4n) is 2.38. The number of benzene rings is 1. The Hall–Kier alpha value is -1.88. The summed E-state index contributed by atoms with van der Waals surface area (Å²) < 4.78 is 11.1. The minimum absolute atomic E-state index is 0.0389. The lowest BCUT2D eigenvalue weighted by atomic mass is 10.1. The number of hydrogen-bond donors (Lipinski definition) is 0. The zero-order valence-electron chi connectivity index (χ0n) is 11.7. The molecule has 1 saturated heterocycles. The molecule has 0 spiro atoms. The fraction of sp³-hybridized carbons (Fsp3) is 0.312. The number of fused-ring (bicyclic) bond motifs is 1. The Balaban J connectivity index is 1.93. The van der Waals surface area contributed by atoms with Crippen molar-refractivity contribution in [2.75, 3.05) is 31.2 Å². The van der Waals surface area contributed by atoms with Crippen LogP contribution in [-0.4, -0.2) is 42.0 Å². The summed E-state index contributed by atoms with van der Waals surface area (Å²) in [5, 5.41) is 0.877. The summed E-state index contributed by atoms with van der Waals surface area (Å²) >= 11 is 1.88. The van der Waals surface area contributed by atoms with Crippen molar-refractivity contribution in [2.24, 2.45) is 0 Å². The van der Waals surface area contributed by atoms with Crippen molar-refractivity contribution in [3.05, 3.63) is 42.7 Å². The van der Waals surface area contributed by atoms with Crippen LogP contribution >= 0.6 is 11.8 Å². The summed E-state index contributed by atoms with van der Waals surface area (Å²) in [6.07, 6.45) is 3.29. The maximum atomic E-state index is 12.6. The van der Waals surface area contributed by atoms with Crippen LogP contribution < -0.4 is 4.74 Å². The minimum Gasteiger partial charge on any atom is -0.489 e. The molecule has 0 aliphatic carbocycles. The van der Waals surface area contributed by atoms with Gasteiger partial charge in [0.2, 0.25) is 0 Å². The smallest absolute Gasteiger partial charge is 0.254 e. The first-order chi connectivity index (χ1) is 10.3. The highest BCUT2D eigenvalue weighted by Crippen LogP contribution is 2.29. The van der Waals surface area contributed by atoms with Crippen LogP contribution in [0.3, 0.4) is 0 Å². The SMILES string of the molecule is C=CCOc1cc(C(=O)N2CCSCC2)cc2occc12. The second kappa shape index (κ2) is 6.26. The first-order valence-electron chi connectivity index (χ1n) is 6.91. The zero-order valence-corrected chi connectivity index (χ0v) is 12.5. The van der Waals surface area contributed by atoms with Crippen molar-refractivity contribution in [2.45, 2.75) is 0 Å². The molecule has 0 radical (unpaired) electrons. The number of carbonyl (C=O) groups excluding carboxylic acids is 1. The van der Waals surface area contributed by atoms with Crippen LogP contribution in [-0.2, 0) is 0 Å². The summed E-state index contributed by atoms with van der Waals surface area (Å²) in [6.45, 7) is 5.64. The Kier molecular flexibility index (Phi) is 4.20. The van der Waals surface area contributed by atoms with Gasteiger partial charge in [-0.3, -0.25) is 4.79 Å². The summed E-state index contributed by atoms with van der Waals surface area (Å²) in [5.74, 6) is 2.69. The molecule has 1 fully saturated rings. The molecule has 5 heteroatoms. The highest BCUT2D eigenvalue weighted by molar-refractivity contribution is 7.99. The first-order valence-corrected chi connectivity index (χ1v) is 8.07. The number of rotatable bonds is 4. The highest BCUT2D eigenvalue weighted by atomic mass is 32.2. The third kappa shape index (κ3) is 2.93. The van der Waals surface area contributed by atoms with E-state index in [0.717, 1.165) is 30.0 Å². The van der Waals surface area contributed by atoms with E-state index in [9.17, 15) is 4.79 Å². The van der Waals surface area contributed by atoms with Gasteiger partial charge in [0.1, 0.15) is 17.9 Å². The molecule has 3 rings (SSSR count). The van der Waals surface area contributed by atoms with Gasteiger partial charge >= 0.3 is 0 Å². The molecule has 1 aliphatic rings. The van der Waals surface area contributed by atoms with E-state index in [1.807, 2.05) is 22.7 Å². The van der Waals surface area contributed by atoms with Crippen LogP contribution in [0.25, 0.3) is 11.0 Å². The number of furan rings is 1. The number of carbonyl (C=O) groups is 1. The summed E-state index contributed by atoms with van der Waals surface area (Å²) in [7, 11) is 0. The van der Waals surface area contributed by atoms with Crippen molar-refractivity contribution in [3.63, 3.8) is 0 Å². The molecule has 4 nitrogen and oxygen atoms in total. The van der Waals surface area contributed by atoms with E-state index in [-0.39, 0.29) is 5.91 Å². The maximum Gasteiger partial charge on any atom is 0.254 e. The normalized spacial score (nSPS) is 15.1. The quantitative estimate of drug-likeness (QED) is 0.814. The van der Waals surface area contributed by atoms with E-state index in [4.69, 9.17) is 9.15 Å². The van der Waals surface area contributed by atoms with Gasteiger partial charge in [0.05, 0.1) is 11.6 Å². The fourth-order valence-corrected chi connectivity index (χ4v) is 3.28. The van der Waals surface area contributed by atoms with E-state index in [0.29, 0.717) is 23.5 Å². The van der Waals surface area contributed by atoms with Gasteiger partial charge in [-0.1, -0.05) is 12.7 Å². The van der Waals surface area contributed by atoms with Crippen molar-refractivity contribution in [3.8, 4) is 5.75 Å². The molecule has 2 heterocycles. The van der Waals surface area contributed by atoms with Gasteiger partial charge in [0, 0.05) is 30.2 Å². The van der Waals surface area contributed by atoms with Crippen molar-refractivity contribution in [1.29, 1.82) is 0 Å². The van der Waals surface area contributed by atoms with E-state index >= 15 is 0 Å². The molecule has 0 N–H and O–H groups in total. The number of amides is 1. The van der Waals surface area contributed by atoms with E-state index in [2.05, 4.69) is 6.58 Å². The molecule has 0 saturated carbocycles. The topological polar surface area (TPSA) is 42.7 Å². The Bertz CT molecular complexity index is 659. The highest BCUT2D eigenvalue weighted by Gasteiger charge is 2.20. The number of ether oxygens (including phenoxy) is 1. The molecule has 0 unspecified atom stereocenters.